The lowest BCUT2D eigenvalue weighted by atomic mass is 10.1. The second kappa shape index (κ2) is 5.92. The molecule has 0 atom stereocenters. The van der Waals surface area contributed by atoms with Gasteiger partial charge in [0.2, 0.25) is 0 Å². The van der Waals surface area contributed by atoms with E-state index in [0.29, 0.717) is 11.7 Å². The summed E-state index contributed by atoms with van der Waals surface area (Å²) in [5, 5.41) is 9.66. The number of benzene rings is 1. The Morgan fingerprint density at radius 3 is 2.89 bits per heavy atom. The number of nitrogens with zero attached hydrogens (tertiary/aromatic N) is 3. The van der Waals surface area contributed by atoms with Crippen molar-refractivity contribution in [3.8, 4) is 6.07 Å². The first-order valence-corrected chi connectivity index (χ1v) is 7.16. The fraction of sp³-hybridized carbons (Fsp3) is 0.429. The van der Waals surface area contributed by atoms with E-state index in [-0.39, 0.29) is 0 Å². The van der Waals surface area contributed by atoms with Crippen LogP contribution in [-0.4, -0.2) is 15.3 Å². The molecular formula is C14H17N3S. The van der Waals surface area contributed by atoms with E-state index in [1.165, 1.54) is 17.3 Å². The van der Waals surface area contributed by atoms with Gasteiger partial charge in [-0.25, -0.2) is 4.98 Å². The summed E-state index contributed by atoms with van der Waals surface area (Å²) in [6, 6.07) is 10.3. The van der Waals surface area contributed by atoms with Crippen LogP contribution in [0.5, 0.6) is 0 Å². The van der Waals surface area contributed by atoms with Crippen LogP contribution in [0.15, 0.2) is 29.4 Å². The fourth-order valence-corrected chi connectivity index (χ4v) is 2.57. The first kappa shape index (κ1) is 13.0. The van der Waals surface area contributed by atoms with Crippen molar-refractivity contribution in [3.63, 3.8) is 0 Å². The summed E-state index contributed by atoms with van der Waals surface area (Å²) in [5.41, 5.74) is 2.18. The number of nitriles is 1. The number of hydrogen-bond donors (Lipinski definition) is 0. The Balaban J connectivity index is 2.35. The minimum Gasteiger partial charge on any atom is -0.319 e. The van der Waals surface area contributed by atoms with Gasteiger partial charge in [-0.2, -0.15) is 5.26 Å². The lowest BCUT2D eigenvalue weighted by Crippen LogP contribution is -2.03. The molecule has 1 aromatic heterocycles. The Morgan fingerprint density at radius 2 is 2.17 bits per heavy atom. The average molecular weight is 259 g/mol. The SMILES string of the molecule is CC(C)CCn1c(SCC#N)nc2ccccc21. The molecular weight excluding hydrogens is 242 g/mol. The molecule has 0 unspecified atom stereocenters. The highest BCUT2D eigenvalue weighted by molar-refractivity contribution is 7.99. The van der Waals surface area contributed by atoms with Crippen molar-refractivity contribution in [2.45, 2.75) is 32.0 Å². The molecule has 94 valence electrons. The number of aromatic nitrogens is 2. The molecule has 0 aliphatic heterocycles. The Kier molecular flexibility index (Phi) is 4.27. The number of para-hydroxylation sites is 2. The monoisotopic (exact) mass is 259 g/mol. The molecule has 4 heteroatoms. The molecule has 0 bridgehead atoms. The summed E-state index contributed by atoms with van der Waals surface area (Å²) in [5.74, 6) is 1.12. The van der Waals surface area contributed by atoms with Gasteiger partial charge in [0.25, 0.3) is 0 Å². The minimum atomic E-state index is 0.449. The van der Waals surface area contributed by atoms with Crippen molar-refractivity contribution in [3.05, 3.63) is 24.3 Å². The summed E-state index contributed by atoms with van der Waals surface area (Å²) in [4.78, 5) is 4.60. The third-order valence-corrected chi connectivity index (χ3v) is 3.66. The van der Waals surface area contributed by atoms with Crippen molar-refractivity contribution < 1.29 is 0 Å². The van der Waals surface area contributed by atoms with Crippen LogP contribution < -0.4 is 0 Å². The van der Waals surface area contributed by atoms with Crippen molar-refractivity contribution in [1.29, 1.82) is 5.26 Å². The van der Waals surface area contributed by atoms with E-state index in [9.17, 15) is 0 Å². The van der Waals surface area contributed by atoms with Gasteiger partial charge in [0.15, 0.2) is 5.16 Å². The summed E-state index contributed by atoms with van der Waals surface area (Å²) in [6.45, 7) is 5.41. The predicted molar refractivity (Wildman–Crippen MR) is 75.5 cm³/mol. The van der Waals surface area contributed by atoms with Gasteiger partial charge in [0, 0.05) is 6.54 Å². The molecule has 0 amide bonds. The molecule has 3 nitrogen and oxygen atoms in total. The van der Waals surface area contributed by atoms with E-state index in [4.69, 9.17) is 5.26 Å². The molecule has 0 saturated heterocycles. The van der Waals surface area contributed by atoms with Crippen molar-refractivity contribution in [2.24, 2.45) is 5.92 Å². The molecule has 1 heterocycles. The number of fused-ring (bicyclic) bond motifs is 1. The van der Waals surface area contributed by atoms with E-state index >= 15 is 0 Å². The van der Waals surface area contributed by atoms with Gasteiger partial charge in [-0.3, -0.25) is 0 Å². The first-order valence-electron chi connectivity index (χ1n) is 6.17. The van der Waals surface area contributed by atoms with Crippen molar-refractivity contribution >= 4 is 22.8 Å². The summed E-state index contributed by atoms with van der Waals surface area (Å²) >= 11 is 1.52. The Labute approximate surface area is 112 Å². The molecule has 0 spiro atoms. The lowest BCUT2D eigenvalue weighted by Gasteiger charge is -2.09. The molecule has 18 heavy (non-hydrogen) atoms. The Hall–Kier alpha value is -1.47. The standard InChI is InChI=1S/C14H17N3S/c1-11(2)7-9-17-13-6-4-3-5-12(13)16-14(17)18-10-8-15/h3-6,11H,7,9-10H2,1-2H3. The first-order chi connectivity index (χ1) is 8.72. The van der Waals surface area contributed by atoms with Crippen LogP contribution in [0.4, 0.5) is 0 Å². The fourth-order valence-electron chi connectivity index (χ4n) is 1.86. The minimum absolute atomic E-state index is 0.449. The summed E-state index contributed by atoms with van der Waals surface area (Å²) in [7, 11) is 0. The Morgan fingerprint density at radius 1 is 1.39 bits per heavy atom. The van der Waals surface area contributed by atoms with Gasteiger partial charge in [-0.05, 0) is 24.5 Å². The average Bonchev–Trinajstić information content (AvgIpc) is 2.71. The highest BCUT2D eigenvalue weighted by Crippen LogP contribution is 2.24. The van der Waals surface area contributed by atoms with Gasteiger partial charge in [0.05, 0.1) is 22.9 Å². The molecule has 0 aliphatic carbocycles. The zero-order chi connectivity index (χ0) is 13.0. The molecule has 2 rings (SSSR count). The predicted octanol–water partition coefficient (Wildman–Crippen LogP) is 3.70. The second-order valence-corrected chi connectivity index (χ2v) is 5.61. The summed E-state index contributed by atoms with van der Waals surface area (Å²) < 4.78 is 2.23. The third kappa shape index (κ3) is 2.85. The van der Waals surface area contributed by atoms with Gasteiger partial charge in [-0.1, -0.05) is 37.7 Å². The van der Waals surface area contributed by atoms with Crippen LogP contribution in [0.1, 0.15) is 20.3 Å². The molecule has 0 fully saturated rings. The maximum absolute atomic E-state index is 8.70. The molecule has 0 radical (unpaired) electrons. The second-order valence-electron chi connectivity index (χ2n) is 4.66. The topological polar surface area (TPSA) is 41.6 Å². The number of imidazole rings is 1. The largest absolute Gasteiger partial charge is 0.319 e. The van der Waals surface area contributed by atoms with E-state index in [1.807, 2.05) is 18.2 Å². The third-order valence-electron chi connectivity index (χ3n) is 2.82. The van der Waals surface area contributed by atoms with Gasteiger partial charge < -0.3 is 4.57 Å². The smallest absolute Gasteiger partial charge is 0.170 e. The van der Waals surface area contributed by atoms with Crippen molar-refractivity contribution in [1.82, 2.24) is 9.55 Å². The van der Waals surface area contributed by atoms with Gasteiger partial charge in [-0.15, -0.1) is 0 Å². The van der Waals surface area contributed by atoms with E-state index in [2.05, 4.69) is 35.5 Å². The van der Waals surface area contributed by atoms with E-state index in [1.54, 1.807) is 0 Å². The molecule has 2 aromatic rings. The van der Waals surface area contributed by atoms with E-state index < -0.39 is 0 Å². The molecule has 0 aliphatic rings. The van der Waals surface area contributed by atoms with Crippen LogP contribution in [0, 0.1) is 17.2 Å². The van der Waals surface area contributed by atoms with Crippen LogP contribution in [-0.2, 0) is 6.54 Å². The maximum Gasteiger partial charge on any atom is 0.170 e. The lowest BCUT2D eigenvalue weighted by molar-refractivity contribution is 0.503. The highest BCUT2D eigenvalue weighted by Gasteiger charge is 2.10. The van der Waals surface area contributed by atoms with Gasteiger partial charge >= 0.3 is 0 Å². The van der Waals surface area contributed by atoms with Crippen LogP contribution in [0.25, 0.3) is 11.0 Å². The van der Waals surface area contributed by atoms with Crippen molar-refractivity contribution in [2.75, 3.05) is 5.75 Å². The Bertz CT molecular complexity index is 566. The number of aryl methyl sites for hydroxylation is 1. The molecule has 1 aromatic carbocycles. The number of hydrogen-bond acceptors (Lipinski definition) is 3. The van der Waals surface area contributed by atoms with Crippen LogP contribution in [0.2, 0.25) is 0 Å². The van der Waals surface area contributed by atoms with Crippen LogP contribution in [0.3, 0.4) is 0 Å². The van der Waals surface area contributed by atoms with Gasteiger partial charge in [0.1, 0.15) is 0 Å². The van der Waals surface area contributed by atoms with E-state index in [0.717, 1.165) is 23.6 Å². The highest BCUT2D eigenvalue weighted by atomic mass is 32.2. The summed E-state index contributed by atoms with van der Waals surface area (Å²) in [6.07, 6.45) is 1.13. The number of thioether (sulfide) groups is 1. The molecule has 0 N–H and O–H groups in total. The maximum atomic E-state index is 8.70. The number of rotatable bonds is 5. The zero-order valence-electron chi connectivity index (χ0n) is 10.8. The normalized spacial score (nSPS) is 11.0. The quantitative estimate of drug-likeness (QED) is 0.769. The zero-order valence-corrected chi connectivity index (χ0v) is 11.6. The van der Waals surface area contributed by atoms with Crippen LogP contribution >= 0.6 is 11.8 Å². The molecule has 0 saturated carbocycles.